The van der Waals surface area contributed by atoms with E-state index in [0.29, 0.717) is 35.9 Å². The van der Waals surface area contributed by atoms with Gasteiger partial charge in [-0.25, -0.2) is 9.79 Å². The van der Waals surface area contributed by atoms with Gasteiger partial charge in [0.15, 0.2) is 0 Å². The Morgan fingerprint density at radius 2 is 2.32 bits per heavy atom. The summed E-state index contributed by atoms with van der Waals surface area (Å²) >= 11 is 6.30. The second kappa shape index (κ2) is 6.53. The van der Waals surface area contributed by atoms with E-state index in [2.05, 4.69) is 10.3 Å². The van der Waals surface area contributed by atoms with Gasteiger partial charge < -0.3 is 15.6 Å². The van der Waals surface area contributed by atoms with Gasteiger partial charge in [0.1, 0.15) is 0 Å². The average molecular weight is 367 g/mol. The van der Waals surface area contributed by atoms with Crippen molar-refractivity contribution in [3.63, 3.8) is 0 Å². The van der Waals surface area contributed by atoms with Crippen LogP contribution in [-0.2, 0) is 15.1 Å². The van der Waals surface area contributed by atoms with E-state index in [1.54, 1.807) is 25.1 Å². The first kappa shape index (κ1) is 17.5. The van der Waals surface area contributed by atoms with Gasteiger partial charge in [-0.1, -0.05) is 23.7 Å². The number of carbonyl (C=O) groups is 2. The number of carbonyl (C=O) groups excluding carboxylic acids is 1. The first-order chi connectivity index (χ1) is 11.8. The molecule has 2 aliphatic rings. The molecule has 2 amide bonds. The van der Waals surface area contributed by atoms with E-state index in [4.69, 9.17) is 27.2 Å². The lowest BCUT2D eigenvalue weighted by atomic mass is 9.87. The molecule has 0 aliphatic carbocycles. The van der Waals surface area contributed by atoms with Crippen LogP contribution in [0.1, 0.15) is 25.3 Å². The van der Waals surface area contributed by atoms with Crippen molar-refractivity contribution < 1.29 is 19.4 Å². The molecule has 1 aromatic rings. The van der Waals surface area contributed by atoms with Crippen molar-refractivity contribution in [2.45, 2.75) is 31.3 Å². The van der Waals surface area contributed by atoms with Crippen molar-refractivity contribution in [1.82, 2.24) is 10.2 Å². The number of carboxylic acid groups (broad SMARTS) is 1. The molecule has 0 radical (unpaired) electrons. The van der Waals surface area contributed by atoms with Gasteiger partial charge in [-0.15, -0.1) is 0 Å². The van der Waals surface area contributed by atoms with Gasteiger partial charge in [0.05, 0.1) is 35.3 Å². The quantitative estimate of drug-likeness (QED) is 0.690. The number of guanidine groups is 1. The molecule has 2 aliphatic heterocycles. The minimum absolute atomic E-state index is 0.0137. The Morgan fingerprint density at radius 3 is 2.96 bits per heavy atom. The minimum Gasteiger partial charge on any atom is -0.465 e. The minimum atomic E-state index is -1.29. The summed E-state index contributed by atoms with van der Waals surface area (Å²) in [7, 11) is 0. The Kier molecular flexibility index (Phi) is 4.57. The summed E-state index contributed by atoms with van der Waals surface area (Å²) in [6.07, 6.45) is -0.613. The highest BCUT2D eigenvalue weighted by molar-refractivity contribution is 6.34. The Labute approximate surface area is 149 Å². The van der Waals surface area contributed by atoms with Crippen LogP contribution in [0, 0.1) is 0 Å². The third-order valence-electron chi connectivity index (χ3n) is 4.44. The lowest BCUT2D eigenvalue weighted by molar-refractivity contribution is -0.131. The Morgan fingerprint density at radius 1 is 1.56 bits per heavy atom. The molecule has 1 saturated heterocycles. The molecule has 0 bridgehead atoms. The molecule has 1 aromatic carbocycles. The molecule has 134 valence electrons. The predicted octanol–water partition coefficient (Wildman–Crippen LogP) is 1.78. The number of rotatable bonds is 2. The molecular formula is C16H19ClN4O4. The number of hydrogen-bond donors (Lipinski definition) is 3. The largest absolute Gasteiger partial charge is 0.465 e. The number of nitrogens with zero attached hydrogens (tertiary/aromatic N) is 2. The second-order valence-corrected chi connectivity index (χ2v) is 6.68. The number of nitrogens with one attached hydrogen (secondary N) is 1. The third kappa shape index (κ3) is 3.27. The molecule has 25 heavy (non-hydrogen) atoms. The van der Waals surface area contributed by atoms with Crippen molar-refractivity contribution in [3.05, 3.63) is 28.8 Å². The van der Waals surface area contributed by atoms with Crippen LogP contribution in [-0.4, -0.2) is 47.2 Å². The first-order valence-electron chi connectivity index (χ1n) is 7.86. The van der Waals surface area contributed by atoms with Crippen LogP contribution >= 0.6 is 11.6 Å². The molecule has 0 spiro atoms. The fourth-order valence-corrected chi connectivity index (χ4v) is 3.56. The van der Waals surface area contributed by atoms with Crippen LogP contribution in [0.15, 0.2) is 23.2 Å². The number of aliphatic imine (C=N–C) groups is 1. The van der Waals surface area contributed by atoms with Gasteiger partial charge >= 0.3 is 6.09 Å². The summed E-state index contributed by atoms with van der Waals surface area (Å²) in [5.74, 6) is -0.254. The van der Waals surface area contributed by atoms with Gasteiger partial charge in [0, 0.05) is 12.2 Å². The lowest BCUT2D eigenvalue weighted by Crippen LogP contribution is -2.56. The van der Waals surface area contributed by atoms with Crippen molar-refractivity contribution >= 4 is 35.2 Å². The lowest BCUT2D eigenvalue weighted by Gasteiger charge is -2.39. The summed E-state index contributed by atoms with van der Waals surface area (Å²) in [5, 5.41) is 11.7. The number of halogens is 1. The van der Waals surface area contributed by atoms with Crippen molar-refractivity contribution in [3.8, 4) is 0 Å². The molecule has 0 aromatic heterocycles. The number of nitrogen functional groups attached to an aromatic ring is 1. The smallest absolute Gasteiger partial charge is 0.411 e. The summed E-state index contributed by atoms with van der Waals surface area (Å²) in [6.45, 7) is 2.60. The highest BCUT2D eigenvalue weighted by Gasteiger charge is 2.43. The zero-order valence-electron chi connectivity index (χ0n) is 13.7. The molecule has 0 saturated carbocycles. The second-order valence-electron chi connectivity index (χ2n) is 6.31. The van der Waals surface area contributed by atoms with E-state index in [1.807, 2.05) is 0 Å². The Balaban J connectivity index is 2.06. The Hall–Kier alpha value is -2.32. The standard InChI is InChI=1S/C16H19ClN4O4/c1-16(10-3-2-4-11(18)13(10)17)7-12(22)21(9-5-6-25-8-9)14(20-16)19-15(23)24/h2-4,9H,5-8,18H2,1H3,(H,19,20)(H,23,24)/t9?,16-/m0/s1. The monoisotopic (exact) mass is 366 g/mol. The molecule has 9 heteroatoms. The molecule has 4 N–H and O–H groups in total. The highest BCUT2D eigenvalue weighted by atomic mass is 35.5. The highest BCUT2D eigenvalue weighted by Crippen LogP contribution is 2.40. The van der Waals surface area contributed by atoms with Crippen LogP contribution in [0.25, 0.3) is 0 Å². The zero-order valence-corrected chi connectivity index (χ0v) is 14.4. The zero-order chi connectivity index (χ0) is 18.2. The number of nitrogens with two attached hydrogens (primary N) is 1. The van der Waals surface area contributed by atoms with Gasteiger partial charge in [0.2, 0.25) is 11.9 Å². The molecule has 8 nitrogen and oxygen atoms in total. The maximum Gasteiger partial charge on any atom is 0.411 e. The fraction of sp³-hybridized carbons (Fsp3) is 0.438. The predicted molar refractivity (Wildman–Crippen MR) is 92.5 cm³/mol. The van der Waals surface area contributed by atoms with Crippen LogP contribution in [0.4, 0.5) is 10.5 Å². The topological polar surface area (TPSA) is 117 Å². The van der Waals surface area contributed by atoms with E-state index in [9.17, 15) is 9.59 Å². The number of ether oxygens (including phenoxy) is 1. The fourth-order valence-electron chi connectivity index (χ4n) is 3.23. The SMILES string of the molecule is C[C@@]1(c2cccc(N)c2Cl)CC(=O)N(C2CCOC2)C(NC(=O)O)=N1. The van der Waals surface area contributed by atoms with E-state index in [-0.39, 0.29) is 24.3 Å². The molecule has 2 atom stereocenters. The van der Waals surface area contributed by atoms with Crippen LogP contribution < -0.4 is 11.1 Å². The maximum atomic E-state index is 12.8. The van der Waals surface area contributed by atoms with Crippen LogP contribution in [0.2, 0.25) is 5.02 Å². The van der Waals surface area contributed by atoms with E-state index < -0.39 is 11.6 Å². The molecule has 3 rings (SSSR count). The number of benzene rings is 1. The maximum absolute atomic E-state index is 12.8. The third-order valence-corrected chi connectivity index (χ3v) is 4.87. The summed E-state index contributed by atoms with van der Waals surface area (Å²) in [4.78, 5) is 30.0. The number of amides is 2. The normalized spacial score (nSPS) is 26.5. The van der Waals surface area contributed by atoms with E-state index >= 15 is 0 Å². The van der Waals surface area contributed by atoms with Gasteiger partial charge in [-0.05, 0) is 19.4 Å². The van der Waals surface area contributed by atoms with Gasteiger partial charge in [-0.2, -0.15) is 0 Å². The van der Waals surface area contributed by atoms with E-state index in [0.717, 1.165) is 0 Å². The Bertz CT molecular complexity index is 748. The first-order valence-corrected chi connectivity index (χ1v) is 8.24. The van der Waals surface area contributed by atoms with Crippen molar-refractivity contribution in [1.29, 1.82) is 0 Å². The van der Waals surface area contributed by atoms with Crippen LogP contribution in [0.5, 0.6) is 0 Å². The average Bonchev–Trinajstić information content (AvgIpc) is 3.02. The van der Waals surface area contributed by atoms with Crippen molar-refractivity contribution in [2.24, 2.45) is 4.99 Å². The molecule has 2 heterocycles. The molecule has 1 unspecified atom stereocenters. The van der Waals surface area contributed by atoms with Crippen LogP contribution in [0.3, 0.4) is 0 Å². The number of anilines is 1. The van der Waals surface area contributed by atoms with Crippen molar-refractivity contribution in [2.75, 3.05) is 18.9 Å². The summed E-state index contributed by atoms with van der Waals surface area (Å²) < 4.78 is 5.32. The van der Waals surface area contributed by atoms with Gasteiger partial charge in [-0.3, -0.25) is 15.0 Å². The summed E-state index contributed by atoms with van der Waals surface area (Å²) in [5.41, 5.74) is 5.80. The van der Waals surface area contributed by atoms with E-state index in [1.165, 1.54) is 4.90 Å². The van der Waals surface area contributed by atoms with Gasteiger partial charge in [0.25, 0.3) is 0 Å². The summed E-state index contributed by atoms with van der Waals surface area (Å²) in [6, 6.07) is 4.88. The molecular weight excluding hydrogens is 348 g/mol. The molecule has 1 fully saturated rings. The number of hydrogen-bond acceptors (Lipinski definition) is 5.